The summed E-state index contributed by atoms with van der Waals surface area (Å²) in [6.45, 7) is 22.8. The van der Waals surface area contributed by atoms with Crippen LogP contribution >= 0.6 is 0 Å². The molecule has 1 atom stereocenters. The van der Waals surface area contributed by atoms with Gasteiger partial charge in [0.2, 0.25) is 0 Å². The first-order valence-electron chi connectivity index (χ1n) is 11.6. The zero-order valence-electron chi connectivity index (χ0n) is 22.2. The quantitative estimate of drug-likeness (QED) is 0.164. The Kier molecular flexibility index (Phi) is 12.1. The van der Waals surface area contributed by atoms with E-state index in [4.69, 9.17) is 28.7 Å². The Morgan fingerprint density at radius 3 is 1.91 bits per heavy atom. The second-order valence-electron chi connectivity index (χ2n) is 11.8. The summed E-state index contributed by atoms with van der Waals surface area (Å²) in [5.41, 5.74) is 1.46. The molecule has 0 radical (unpaired) electrons. The molecule has 0 bridgehead atoms. The van der Waals surface area contributed by atoms with Crippen molar-refractivity contribution in [1.29, 1.82) is 0 Å². The molecule has 0 fully saturated rings. The monoisotopic (exact) mass is 485 g/mol. The third kappa shape index (κ3) is 12.5. The summed E-state index contributed by atoms with van der Waals surface area (Å²) in [5, 5.41) is 0. The van der Waals surface area contributed by atoms with Crippen molar-refractivity contribution in [2.45, 2.75) is 84.9 Å². The van der Waals surface area contributed by atoms with E-state index in [1.807, 2.05) is 12.1 Å². The number of nitrogens with zero attached hydrogens (tertiary/aromatic N) is 1. The summed E-state index contributed by atoms with van der Waals surface area (Å²) < 4.78 is 28.8. The lowest BCUT2D eigenvalue weighted by Gasteiger charge is -2.30. The molecule has 0 N–H and O–H groups in total. The Morgan fingerprint density at radius 1 is 0.844 bits per heavy atom. The topological polar surface area (TPSA) is 59.0 Å². The zero-order chi connectivity index (χ0) is 24.4. The molecule has 0 aromatic carbocycles. The van der Waals surface area contributed by atoms with Crippen molar-refractivity contribution in [2.75, 3.05) is 33.9 Å². The van der Waals surface area contributed by atoms with Crippen molar-refractivity contribution < 1.29 is 23.7 Å². The Balaban J connectivity index is 2.74. The average Bonchev–Trinajstić information content (AvgIpc) is 2.63. The normalized spacial score (nSPS) is 13.9. The second-order valence-corrected chi connectivity index (χ2v) is 23.1. The molecule has 6 nitrogen and oxygen atoms in total. The van der Waals surface area contributed by atoms with Crippen LogP contribution in [0.1, 0.15) is 38.3 Å². The molecule has 1 heterocycles. The lowest BCUT2D eigenvalue weighted by Crippen LogP contribution is -2.24. The van der Waals surface area contributed by atoms with E-state index < -0.39 is 16.1 Å². The summed E-state index contributed by atoms with van der Waals surface area (Å²) >= 11 is 0. The molecule has 8 heteroatoms. The maximum atomic E-state index is 5.96. The minimum atomic E-state index is -1.12. The standard InChI is InChI=1S/C24H47NO5Si2/c1-24(2,3)23(26-4)22-21(30-19-28-14-16-32(8,9)10)12-11-20(25-22)17-29-18-27-13-15-31(5,6)7/h11-12,23H,13-19H2,1-10H3. The van der Waals surface area contributed by atoms with Crippen molar-refractivity contribution >= 4 is 16.1 Å². The molecular formula is C24H47NO5Si2. The summed E-state index contributed by atoms with van der Waals surface area (Å²) in [4.78, 5) is 4.83. The number of rotatable bonds is 15. The molecule has 32 heavy (non-hydrogen) atoms. The number of ether oxygens (including phenoxy) is 5. The fraction of sp³-hybridized carbons (Fsp3) is 0.792. The van der Waals surface area contributed by atoms with E-state index in [2.05, 4.69) is 60.1 Å². The molecule has 0 aliphatic heterocycles. The number of pyridine rings is 1. The predicted molar refractivity (Wildman–Crippen MR) is 137 cm³/mol. The molecule has 0 aliphatic rings. The van der Waals surface area contributed by atoms with Gasteiger partial charge < -0.3 is 23.7 Å². The van der Waals surface area contributed by atoms with Gasteiger partial charge >= 0.3 is 0 Å². The van der Waals surface area contributed by atoms with E-state index in [0.29, 0.717) is 12.4 Å². The summed E-state index contributed by atoms with van der Waals surface area (Å²) in [6, 6.07) is 6.11. The first-order valence-corrected chi connectivity index (χ1v) is 19.0. The van der Waals surface area contributed by atoms with Crippen LogP contribution in [0.4, 0.5) is 0 Å². The molecule has 1 unspecified atom stereocenters. The molecule has 186 valence electrons. The van der Waals surface area contributed by atoms with Crippen LogP contribution in [0.3, 0.4) is 0 Å². The molecule has 1 aromatic rings. The van der Waals surface area contributed by atoms with Crippen LogP contribution in [0.25, 0.3) is 0 Å². The van der Waals surface area contributed by atoms with Gasteiger partial charge in [0, 0.05) is 36.5 Å². The van der Waals surface area contributed by atoms with Gasteiger partial charge in [0.15, 0.2) is 6.79 Å². The van der Waals surface area contributed by atoms with Gasteiger partial charge in [-0.05, 0) is 29.6 Å². The van der Waals surface area contributed by atoms with Gasteiger partial charge in [-0.25, -0.2) is 4.98 Å². The van der Waals surface area contributed by atoms with Gasteiger partial charge in [0.05, 0.1) is 12.3 Å². The number of aromatic nitrogens is 1. The maximum absolute atomic E-state index is 5.96. The van der Waals surface area contributed by atoms with E-state index in [-0.39, 0.29) is 25.1 Å². The smallest absolute Gasteiger partial charge is 0.189 e. The molecule has 0 amide bonds. The zero-order valence-corrected chi connectivity index (χ0v) is 24.2. The molecule has 1 rings (SSSR count). The molecule has 0 saturated carbocycles. The molecule has 0 aliphatic carbocycles. The SMILES string of the molecule is COC(c1nc(COCOCC[Si](C)(C)C)ccc1OCOCC[Si](C)(C)C)C(C)(C)C. The highest BCUT2D eigenvalue weighted by molar-refractivity contribution is 6.76. The fourth-order valence-corrected chi connectivity index (χ4v) is 4.47. The fourth-order valence-electron chi connectivity index (χ4n) is 2.95. The number of hydrogen-bond acceptors (Lipinski definition) is 6. The largest absolute Gasteiger partial charge is 0.466 e. The first-order chi connectivity index (χ1) is 14.7. The van der Waals surface area contributed by atoms with Gasteiger partial charge in [-0.2, -0.15) is 0 Å². The van der Waals surface area contributed by atoms with Crippen molar-refractivity contribution in [3.63, 3.8) is 0 Å². The van der Waals surface area contributed by atoms with Crippen LogP contribution in [-0.4, -0.2) is 55.0 Å². The van der Waals surface area contributed by atoms with E-state index in [0.717, 1.165) is 36.7 Å². The van der Waals surface area contributed by atoms with Crippen molar-refractivity contribution in [3.05, 3.63) is 23.5 Å². The van der Waals surface area contributed by atoms with E-state index in [1.165, 1.54) is 0 Å². The second kappa shape index (κ2) is 13.2. The summed E-state index contributed by atoms with van der Waals surface area (Å²) in [7, 11) is -0.495. The Morgan fingerprint density at radius 2 is 1.41 bits per heavy atom. The Hall–Kier alpha value is -0.776. The predicted octanol–water partition coefficient (Wildman–Crippen LogP) is 6.34. The minimum Gasteiger partial charge on any atom is -0.466 e. The van der Waals surface area contributed by atoms with Crippen LogP contribution in [0.2, 0.25) is 51.4 Å². The maximum Gasteiger partial charge on any atom is 0.189 e. The molecular weight excluding hydrogens is 438 g/mol. The van der Waals surface area contributed by atoms with Crippen molar-refractivity contribution in [3.8, 4) is 5.75 Å². The highest BCUT2D eigenvalue weighted by Crippen LogP contribution is 2.39. The van der Waals surface area contributed by atoms with Crippen LogP contribution in [0.5, 0.6) is 5.75 Å². The van der Waals surface area contributed by atoms with Crippen LogP contribution < -0.4 is 4.74 Å². The lowest BCUT2D eigenvalue weighted by molar-refractivity contribution is -0.0585. The first kappa shape index (κ1) is 29.3. The lowest BCUT2D eigenvalue weighted by atomic mass is 9.86. The van der Waals surface area contributed by atoms with Crippen molar-refractivity contribution in [2.24, 2.45) is 5.41 Å². The molecule has 0 spiro atoms. The van der Waals surface area contributed by atoms with Gasteiger partial charge in [0.25, 0.3) is 0 Å². The van der Waals surface area contributed by atoms with Crippen LogP contribution in [0, 0.1) is 5.41 Å². The van der Waals surface area contributed by atoms with E-state index in [9.17, 15) is 0 Å². The van der Waals surface area contributed by atoms with Gasteiger partial charge in [-0.1, -0.05) is 60.1 Å². The van der Waals surface area contributed by atoms with Crippen LogP contribution in [-0.2, 0) is 25.6 Å². The Labute approximate surface area is 198 Å². The highest BCUT2D eigenvalue weighted by atomic mass is 28.3. The van der Waals surface area contributed by atoms with E-state index in [1.54, 1.807) is 7.11 Å². The van der Waals surface area contributed by atoms with Gasteiger partial charge in [0.1, 0.15) is 24.3 Å². The third-order valence-electron chi connectivity index (χ3n) is 4.92. The van der Waals surface area contributed by atoms with Crippen molar-refractivity contribution in [1.82, 2.24) is 4.98 Å². The third-order valence-corrected chi connectivity index (χ3v) is 8.33. The van der Waals surface area contributed by atoms with Gasteiger partial charge in [-0.15, -0.1) is 0 Å². The summed E-state index contributed by atoms with van der Waals surface area (Å²) in [6.07, 6.45) is -0.215. The van der Waals surface area contributed by atoms with Crippen LogP contribution in [0.15, 0.2) is 12.1 Å². The average molecular weight is 486 g/mol. The summed E-state index contributed by atoms with van der Waals surface area (Å²) in [5.74, 6) is 0.690. The molecule has 1 aromatic heterocycles. The number of hydrogen-bond donors (Lipinski definition) is 0. The Bertz CT molecular complexity index is 666. The molecule has 0 saturated heterocycles. The number of methoxy groups -OCH3 is 1. The minimum absolute atomic E-state index is 0.141. The van der Waals surface area contributed by atoms with E-state index >= 15 is 0 Å². The highest BCUT2D eigenvalue weighted by Gasteiger charge is 2.30. The van der Waals surface area contributed by atoms with Gasteiger partial charge in [-0.3, -0.25) is 0 Å².